The Morgan fingerprint density at radius 1 is 1.25 bits per heavy atom. The van der Waals surface area contributed by atoms with Gasteiger partial charge < -0.3 is 4.74 Å². The highest BCUT2D eigenvalue weighted by Gasteiger charge is 2.18. The summed E-state index contributed by atoms with van der Waals surface area (Å²) in [6.45, 7) is 3.11. The third kappa shape index (κ3) is 3.74. The molecule has 1 nitrogen and oxygen atoms in total. The lowest BCUT2D eigenvalue weighted by atomic mass is 9.89. The fraction of sp³-hybridized carbons (Fsp3) is 0.571. The van der Waals surface area contributed by atoms with Gasteiger partial charge in [0.15, 0.2) is 0 Å². The fourth-order valence-electron chi connectivity index (χ4n) is 2.32. The van der Waals surface area contributed by atoms with Crippen LogP contribution < -0.4 is 0 Å². The van der Waals surface area contributed by atoms with Gasteiger partial charge in [-0.3, -0.25) is 0 Å². The molecule has 2 unspecified atom stereocenters. The van der Waals surface area contributed by atoms with E-state index in [1.54, 1.807) is 0 Å². The topological polar surface area (TPSA) is 9.23 Å². The number of ether oxygens (including phenoxy) is 1. The predicted octanol–water partition coefficient (Wildman–Crippen LogP) is 4.39. The van der Waals surface area contributed by atoms with E-state index < -0.39 is 0 Å². The van der Waals surface area contributed by atoms with E-state index in [-0.39, 0.29) is 0 Å². The summed E-state index contributed by atoms with van der Waals surface area (Å²) in [5.74, 6) is 0.843. The van der Waals surface area contributed by atoms with Crippen LogP contribution in [0.1, 0.15) is 38.2 Å². The molecule has 2 heteroatoms. The first-order chi connectivity index (χ1) is 7.74. The summed E-state index contributed by atoms with van der Waals surface area (Å²) in [6.07, 6.45) is 5.68. The standard InChI is InChI=1S/C14H19IO/c1-11-3-2-4-14(9-11)16-10-12-5-7-13(15)8-6-12/h5-8,11,14H,2-4,9-10H2,1H3. The number of hydrogen-bond acceptors (Lipinski definition) is 1. The molecule has 0 radical (unpaired) electrons. The molecule has 0 bridgehead atoms. The minimum Gasteiger partial charge on any atom is -0.374 e. The van der Waals surface area contributed by atoms with E-state index in [1.807, 2.05) is 0 Å². The van der Waals surface area contributed by atoms with Gasteiger partial charge in [-0.15, -0.1) is 0 Å². The van der Waals surface area contributed by atoms with Crippen LogP contribution in [0.25, 0.3) is 0 Å². The van der Waals surface area contributed by atoms with Gasteiger partial charge in [0.05, 0.1) is 12.7 Å². The Morgan fingerprint density at radius 2 is 2.00 bits per heavy atom. The largest absolute Gasteiger partial charge is 0.374 e. The molecule has 0 saturated heterocycles. The van der Waals surface area contributed by atoms with Gasteiger partial charge in [-0.2, -0.15) is 0 Å². The molecule has 0 heterocycles. The van der Waals surface area contributed by atoms with Gasteiger partial charge >= 0.3 is 0 Å². The third-order valence-electron chi connectivity index (χ3n) is 3.29. The molecule has 1 saturated carbocycles. The van der Waals surface area contributed by atoms with Crippen molar-refractivity contribution < 1.29 is 4.74 Å². The quantitative estimate of drug-likeness (QED) is 0.747. The molecular formula is C14H19IO. The number of rotatable bonds is 3. The van der Waals surface area contributed by atoms with E-state index in [4.69, 9.17) is 4.74 Å². The van der Waals surface area contributed by atoms with E-state index in [2.05, 4.69) is 53.8 Å². The van der Waals surface area contributed by atoms with Crippen LogP contribution in [0.2, 0.25) is 0 Å². The lowest BCUT2D eigenvalue weighted by Gasteiger charge is -2.26. The van der Waals surface area contributed by atoms with E-state index in [0.29, 0.717) is 6.10 Å². The zero-order valence-corrected chi connectivity index (χ0v) is 11.9. The second-order valence-electron chi connectivity index (χ2n) is 4.83. The molecule has 1 fully saturated rings. The molecule has 0 N–H and O–H groups in total. The van der Waals surface area contributed by atoms with Gasteiger partial charge in [0.25, 0.3) is 0 Å². The van der Waals surface area contributed by atoms with Crippen molar-refractivity contribution in [3.8, 4) is 0 Å². The van der Waals surface area contributed by atoms with Crippen LogP contribution in [0.4, 0.5) is 0 Å². The lowest BCUT2D eigenvalue weighted by molar-refractivity contribution is 0.00466. The molecule has 16 heavy (non-hydrogen) atoms. The van der Waals surface area contributed by atoms with Crippen LogP contribution in [-0.4, -0.2) is 6.10 Å². The van der Waals surface area contributed by atoms with Crippen molar-refractivity contribution in [2.24, 2.45) is 5.92 Å². The summed E-state index contributed by atoms with van der Waals surface area (Å²) in [5, 5.41) is 0. The van der Waals surface area contributed by atoms with Crippen LogP contribution in [0.15, 0.2) is 24.3 Å². The number of hydrogen-bond donors (Lipinski definition) is 0. The average Bonchev–Trinajstić information content (AvgIpc) is 2.28. The van der Waals surface area contributed by atoms with Gasteiger partial charge in [0.2, 0.25) is 0 Å². The lowest BCUT2D eigenvalue weighted by Crippen LogP contribution is -2.21. The van der Waals surface area contributed by atoms with Gasteiger partial charge in [-0.05, 0) is 59.0 Å². The highest BCUT2D eigenvalue weighted by atomic mass is 127. The average molecular weight is 330 g/mol. The van der Waals surface area contributed by atoms with Crippen LogP contribution in [0.3, 0.4) is 0 Å². The molecule has 0 aromatic heterocycles. The summed E-state index contributed by atoms with van der Waals surface area (Å²) in [6, 6.07) is 8.60. The van der Waals surface area contributed by atoms with Gasteiger partial charge in [-0.25, -0.2) is 0 Å². The Kier molecular flexibility index (Phi) is 4.65. The van der Waals surface area contributed by atoms with Crippen LogP contribution in [-0.2, 0) is 11.3 Å². The van der Waals surface area contributed by atoms with Crippen molar-refractivity contribution in [3.63, 3.8) is 0 Å². The SMILES string of the molecule is CC1CCCC(OCc2ccc(I)cc2)C1. The maximum atomic E-state index is 5.98. The van der Waals surface area contributed by atoms with E-state index in [1.165, 1.54) is 34.8 Å². The van der Waals surface area contributed by atoms with Crippen molar-refractivity contribution in [2.75, 3.05) is 0 Å². The molecule has 0 spiro atoms. The Balaban J connectivity index is 1.80. The van der Waals surface area contributed by atoms with Crippen molar-refractivity contribution in [1.82, 2.24) is 0 Å². The van der Waals surface area contributed by atoms with Gasteiger partial charge in [0, 0.05) is 3.57 Å². The first-order valence-corrected chi connectivity index (χ1v) is 7.18. The smallest absolute Gasteiger partial charge is 0.0720 e. The monoisotopic (exact) mass is 330 g/mol. The highest BCUT2D eigenvalue weighted by molar-refractivity contribution is 14.1. The maximum absolute atomic E-state index is 5.98. The molecule has 1 aromatic rings. The molecule has 1 aliphatic carbocycles. The summed E-state index contributed by atoms with van der Waals surface area (Å²) >= 11 is 2.33. The molecule has 1 aliphatic rings. The van der Waals surface area contributed by atoms with Gasteiger partial charge in [-0.1, -0.05) is 31.9 Å². The zero-order valence-electron chi connectivity index (χ0n) is 9.79. The molecule has 1 aromatic carbocycles. The first kappa shape index (κ1) is 12.4. The normalized spacial score (nSPS) is 25.6. The molecule has 0 amide bonds. The summed E-state index contributed by atoms with van der Waals surface area (Å²) in [5.41, 5.74) is 1.29. The predicted molar refractivity (Wildman–Crippen MR) is 75.4 cm³/mol. The Bertz CT molecular complexity index is 320. The molecule has 88 valence electrons. The van der Waals surface area contributed by atoms with Crippen molar-refractivity contribution in [2.45, 2.75) is 45.3 Å². The fourth-order valence-corrected chi connectivity index (χ4v) is 2.68. The minimum atomic E-state index is 0.489. The van der Waals surface area contributed by atoms with Gasteiger partial charge in [0.1, 0.15) is 0 Å². The van der Waals surface area contributed by atoms with Crippen LogP contribution >= 0.6 is 22.6 Å². The van der Waals surface area contributed by atoms with Crippen LogP contribution in [0.5, 0.6) is 0 Å². The summed E-state index contributed by atoms with van der Waals surface area (Å²) < 4.78 is 7.26. The van der Waals surface area contributed by atoms with Crippen molar-refractivity contribution >= 4 is 22.6 Å². The molecule has 2 rings (SSSR count). The maximum Gasteiger partial charge on any atom is 0.0720 e. The first-order valence-electron chi connectivity index (χ1n) is 6.10. The van der Waals surface area contributed by atoms with Crippen molar-refractivity contribution in [1.29, 1.82) is 0 Å². The summed E-state index contributed by atoms with van der Waals surface area (Å²) in [7, 11) is 0. The van der Waals surface area contributed by atoms with Crippen LogP contribution in [0, 0.1) is 9.49 Å². The van der Waals surface area contributed by atoms with Crippen molar-refractivity contribution in [3.05, 3.63) is 33.4 Å². The molecule has 0 aliphatic heterocycles. The molecular weight excluding hydrogens is 311 g/mol. The second-order valence-corrected chi connectivity index (χ2v) is 6.08. The summed E-state index contributed by atoms with van der Waals surface area (Å²) in [4.78, 5) is 0. The number of benzene rings is 1. The Labute approximate surface area is 112 Å². The Morgan fingerprint density at radius 3 is 2.69 bits per heavy atom. The third-order valence-corrected chi connectivity index (χ3v) is 4.01. The highest BCUT2D eigenvalue weighted by Crippen LogP contribution is 2.26. The molecule has 2 atom stereocenters. The van der Waals surface area contributed by atoms with E-state index in [0.717, 1.165) is 12.5 Å². The Hall–Kier alpha value is -0.0900. The van der Waals surface area contributed by atoms with E-state index >= 15 is 0 Å². The zero-order chi connectivity index (χ0) is 11.4. The second kappa shape index (κ2) is 6.01. The number of halogens is 1. The van der Waals surface area contributed by atoms with E-state index in [9.17, 15) is 0 Å². The minimum absolute atomic E-state index is 0.489.